The molecule has 0 radical (unpaired) electrons. The normalized spacial score (nSPS) is 10.2. The van der Waals surface area contributed by atoms with E-state index in [2.05, 4.69) is 10.6 Å². The molecule has 102 valence electrons. The lowest BCUT2D eigenvalue weighted by atomic mass is 10.1. The number of nitrogens with one attached hydrogen (secondary N) is 2. The van der Waals surface area contributed by atoms with Crippen molar-refractivity contribution in [2.75, 3.05) is 7.05 Å². The molecule has 0 bridgehead atoms. The fourth-order valence-corrected chi connectivity index (χ4v) is 1.52. The molecule has 0 spiro atoms. The second-order valence-electron chi connectivity index (χ2n) is 4.54. The third-order valence-corrected chi connectivity index (χ3v) is 2.63. The molecule has 0 heterocycles. The van der Waals surface area contributed by atoms with E-state index >= 15 is 0 Å². The van der Waals surface area contributed by atoms with E-state index < -0.39 is 0 Å². The number of hydrogen-bond donors (Lipinski definition) is 2. The minimum Gasteiger partial charge on any atom is -0.359 e. The maximum atomic E-state index is 11.4. The van der Waals surface area contributed by atoms with Crippen LogP contribution in [0.15, 0.2) is 24.3 Å². The molecule has 0 fully saturated rings. The highest BCUT2D eigenvalue weighted by atomic mass is 16.2. The summed E-state index contributed by atoms with van der Waals surface area (Å²) in [5.74, 6) is 0.00382. The second kappa shape index (κ2) is 6.79. The quantitative estimate of drug-likeness (QED) is 0.838. The molecule has 0 aliphatic heterocycles. The third kappa shape index (κ3) is 4.57. The molecule has 0 saturated heterocycles. The van der Waals surface area contributed by atoms with Gasteiger partial charge in [0, 0.05) is 22.4 Å². The Morgan fingerprint density at radius 1 is 1.28 bits per heavy atom. The lowest BCUT2D eigenvalue weighted by Crippen LogP contribution is -2.27. The Hall–Kier alpha value is -1.84. The number of carbonyl (C=O) groups is 2. The molecule has 1 rings (SSSR count). The highest BCUT2D eigenvalue weighted by Crippen LogP contribution is 2.06. The maximum absolute atomic E-state index is 11.4. The lowest BCUT2D eigenvalue weighted by Gasteiger charge is -2.09. The van der Waals surface area contributed by atoms with Crippen LogP contribution in [0.4, 0.5) is 0 Å². The smallest absolute Gasteiger partial charge is 0.224 e. The Morgan fingerprint density at radius 3 is 2.56 bits per heavy atom. The van der Waals surface area contributed by atoms with E-state index in [4.69, 9.17) is 0 Å². The Kier molecular flexibility index (Phi) is 5.36. The predicted octanol–water partition coefficient (Wildman–Crippen LogP) is 1.74. The summed E-state index contributed by atoms with van der Waals surface area (Å²) in [7, 11) is 1.62. The number of amides is 2. The molecule has 0 aliphatic rings. The summed E-state index contributed by atoms with van der Waals surface area (Å²) in [5.41, 5.74) is 1.95. The molecule has 1 aromatic carbocycles. The fourth-order valence-electron chi connectivity index (χ4n) is 1.52. The van der Waals surface area contributed by atoms with Crippen molar-refractivity contribution < 1.29 is 12.4 Å². The Morgan fingerprint density at radius 2 is 1.94 bits per heavy atom. The SMILES string of the molecule is CNC(=O)Cc1cccc(CNC(=O)C(C)C)c1.[HH].[HH]. The Bertz CT molecular complexity index is 437. The largest absolute Gasteiger partial charge is 0.359 e. The first kappa shape index (κ1) is 14.2. The van der Waals surface area contributed by atoms with Gasteiger partial charge >= 0.3 is 0 Å². The van der Waals surface area contributed by atoms with Gasteiger partial charge in [-0.2, -0.15) is 0 Å². The van der Waals surface area contributed by atoms with Gasteiger partial charge in [-0.3, -0.25) is 9.59 Å². The van der Waals surface area contributed by atoms with Gasteiger partial charge in [0.25, 0.3) is 0 Å². The summed E-state index contributed by atoms with van der Waals surface area (Å²) in [4.78, 5) is 22.7. The minimum absolute atomic E-state index is 0. The molecular formula is C14H24N2O2. The highest BCUT2D eigenvalue weighted by Gasteiger charge is 2.06. The molecule has 0 atom stereocenters. The van der Waals surface area contributed by atoms with Crippen molar-refractivity contribution >= 4 is 11.8 Å². The summed E-state index contributed by atoms with van der Waals surface area (Å²) in [6, 6.07) is 7.68. The van der Waals surface area contributed by atoms with Gasteiger partial charge < -0.3 is 10.6 Å². The summed E-state index contributed by atoms with van der Waals surface area (Å²) in [6.07, 6.45) is 0.364. The monoisotopic (exact) mass is 252 g/mol. The molecule has 1 aromatic rings. The van der Waals surface area contributed by atoms with E-state index in [0.717, 1.165) is 11.1 Å². The van der Waals surface area contributed by atoms with Gasteiger partial charge in [0.05, 0.1) is 6.42 Å². The maximum Gasteiger partial charge on any atom is 0.224 e. The van der Waals surface area contributed by atoms with E-state index in [0.29, 0.717) is 13.0 Å². The fraction of sp³-hybridized carbons (Fsp3) is 0.429. The average molecular weight is 252 g/mol. The first-order valence-electron chi connectivity index (χ1n) is 6.09. The molecule has 0 aromatic heterocycles. The molecule has 0 saturated carbocycles. The van der Waals surface area contributed by atoms with Crippen LogP contribution in [-0.2, 0) is 22.6 Å². The van der Waals surface area contributed by atoms with Crippen molar-refractivity contribution in [3.05, 3.63) is 35.4 Å². The van der Waals surface area contributed by atoms with Crippen LogP contribution in [0, 0.1) is 5.92 Å². The molecule has 4 nitrogen and oxygen atoms in total. The number of benzene rings is 1. The zero-order chi connectivity index (χ0) is 13.5. The van der Waals surface area contributed by atoms with Gasteiger partial charge in [0.2, 0.25) is 11.8 Å². The van der Waals surface area contributed by atoms with Gasteiger partial charge in [0.1, 0.15) is 0 Å². The third-order valence-electron chi connectivity index (χ3n) is 2.63. The molecule has 0 aliphatic carbocycles. The number of likely N-dealkylation sites (N-methyl/N-ethyl adjacent to an activating group) is 1. The van der Waals surface area contributed by atoms with Crippen molar-refractivity contribution in [3.63, 3.8) is 0 Å². The number of carbonyl (C=O) groups excluding carboxylic acids is 2. The topological polar surface area (TPSA) is 58.2 Å². The van der Waals surface area contributed by atoms with Crippen molar-refractivity contribution in [3.8, 4) is 0 Å². The van der Waals surface area contributed by atoms with Crippen molar-refractivity contribution in [2.45, 2.75) is 26.8 Å². The van der Waals surface area contributed by atoms with Crippen LogP contribution in [0.5, 0.6) is 0 Å². The highest BCUT2D eigenvalue weighted by molar-refractivity contribution is 5.78. The Labute approximate surface area is 111 Å². The first-order chi connectivity index (χ1) is 8.52. The minimum atomic E-state index is -0.0154. The molecule has 18 heavy (non-hydrogen) atoms. The van der Waals surface area contributed by atoms with Gasteiger partial charge in [-0.1, -0.05) is 38.1 Å². The van der Waals surface area contributed by atoms with Crippen molar-refractivity contribution in [2.24, 2.45) is 5.92 Å². The van der Waals surface area contributed by atoms with Crippen molar-refractivity contribution in [1.29, 1.82) is 0 Å². The van der Waals surface area contributed by atoms with E-state index in [-0.39, 0.29) is 20.6 Å². The van der Waals surface area contributed by atoms with E-state index in [1.165, 1.54) is 0 Å². The molecule has 2 N–H and O–H groups in total. The van der Waals surface area contributed by atoms with Gasteiger partial charge in [-0.05, 0) is 11.1 Å². The second-order valence-corrected chi connectivity index (χ2v) is 4.54. The lowest BCUT2D eigenvalue weighted by molar-refractivity contribution is -0.124. The summed E-state index contributed by atoms with van der Waals surface area (Å²) in [6.45, 7) is 4.22. The van der Waals surface area contributed by atoms with Crippen molar-refractivity contribution in [1.82, 2.24) is 10.6 Å². The molecule has 2 amide bonds. The van der Waals surface area contributed by atoms with E-state index in [1.807, 2.05) is 38.1 Å². The van der Waals surface area contributed by atoms with E-state index in [9.17, 15) is 9.59 Å². The molecule has 0 unspecified atom stereocenters. The van der Waals surface area contributed by atoms with E-state index in [1.54, 1.807) is 7.05 Å². The summed E-state index contributed by atoms with van der Waals surface area (Å²) < 4.78 is 0. The van der Waals surface area contributed by atoms with Crippen LogP contribution in [0.1, 0.15) is 27.8 Å². The zero-order valence-electron chi connectivity index (χ0n) is 11.1. The van der Waals surface area contributed by atoms with Gasteiger partial charge in [-0.15, -0.1) is 0 Å². The standard InChI is InChI=1S/C14H20N2O2.2H2/c1-10(2)14(18)16-9-12-6-4-5-11(7-12)8-13(17)15-3;;/h4-7,10H,8-9H2,1-3H3,(H,15,17)(H,16,18);2*1H. The summed E-state index contributed by atoms with van der Waals surface area (Å²) in [5, 5.41) is 5.44. The van der Waals surface area contributed by atoms with Gasteiger partial charge in [-0.25, -0.2) is 0 Å². The predicted molar refractivity (Wildman–Crippen MR) is 75.1 cm³/mol. The van der Waals surface area contributed by atoms with Crippen LogP contribution in [0.25, 0.3) is 0 Å². The van der Waals surface area contributed by atoms with Gasteiger partial charge in [0.15, 0.2) is 0 Å². The van der Waals surface area contributed by atoms with Crippen LogP contribution in [0.2, 0.25) is 0 Å². The Balaban J connectivity index is 0. The summed E-state index contributed by atoms with van der Waals surface area (Å²) >= 11 is 0. The first-order valence-corrected chi connectivity index (χ1v) is 6.09. The molecular weight excluding hydrogens is 228 g/mol. The van der Waals surface area contributed by atoms with Crippen LogP contribution >= 0.6 is 0 Å². The number of hydrogen-bond acceptors (Lipinski definition) is 2. The molecule has 4 heteroatoms. The zero-order valence-corrected chi connectivity index (χ0v) is 11.1. The van der Waals surface area contributed by atoms with Crippen LogP contribution < -0.4 is 10.6 Å². The number of rotatable bonds is 5. The van der Waals surface area contributed by atoms with Crippen LogP contribution in [-0.4, -0.2) is 18.9 Å². The van der Waals surface area contributed by atoms with Crippen LogP contribution in [0.3, 0.4) is 0 Å². The average Bonchev–Trinajstić information content (AvgIpc) is 2.36.